The largest absolute Gasteiger partial charge is 0.368 e. The lowest BCUT2D eigenvalue weighted by Crippen LogP contribution is -2.65. The molecule has 1 fully saturated rings. The third-order valence-electron chi connectivity index (χ3n) is 4.76. The summed E-state index contributed by atoms with van der Waals surface area (Å²) in [4.78, 5) is 2.35. The fourth-order valence-electron chi connectivity index (χ4n) is 3.14. The maximum absolute atomic E-state index is 6.34. The summed E-state index contributed by atoms with van der Waals surface area (Å²) in [6.07, 6.45) is 3.87. The quantitative estimate of drug-likeness (QED) is 0.536. The third kappa shape index (κ3) is 4.58. The van der Waals surface area contributed by atoms with Crippen molar-refractivity contribution in [2.24, 2.45) is 5.73 Å². The SMILES string of the molecule is CC1N/C(c2cccc(Cl)c2Cl)=C\NNC(N2CCC(C)(N)CC2)N1. The minimum absolute atomic E-state index is 0.00577. The van der Waals surface area contributed by atoms with Crippen LogP contribution in [0, 0.1) is 0 Å². The molecule has 6 N–H and O–H groups in total. The average molecular weight is 385 g/mol. The van der Waals surface area contributed by atoms with E-state index in [-0.39, 0.29) is 18.0 Å². The normalized spacial score (nSPS) is 29.6. The molecule has 0 spiro atoms. The molecule has 0 bridgehead atoms. The van der Waals surface area contributed by atoms with Gasteiger partial charge in [0.15, 0.2) is 0 Å². The van der Waals surface area contributed by atoms with Gasteiger partial charge >= 0.3 is 0 Å². The lowest BCUT2D eigenvalue weighted by Gasteiger charge is -2.42. The molecule has 2 heterocycles. The number of nitrogens with zero attached hydrogens (tertiary/aromatic N) is 1. The van der Waals surface area contributed by atoms with Crippen molar-refractivity contribution in [2.75, 3.05) is 13.1 Å². The molecule has 0 aromatic heterocycles. The minimum Gasteiger partial charge on any atom is -0.368 e. The van der Waals surface area contributed by atoms with Crippen LogP contribution in [-0.4, -0.2) is 36.0 Å². The molecule has 0 amide bonds. The van der Waals surface area contributed by atoms with Crippen molar-refractivity contribution in [3.63, 3.8) is 0 Å². The van der Waals surface area contributed by atoms with E-state index in [1.54, 1.807) is 6.07 Å². The average Bonchev–Trinajstić information content (AvgIpc) is 2.53. The molecule has 1 aromatic carbocycles. The Balaban J connectivity index is 1.70. The first-order chi connectivity index (χ1) is 11.9. The van der Waals surface area contributed by atoms with Crippen molar-refractivity contribution < 1.29 is 0 Å². The van der Waals surface area contributed by atoms with Crippen molar-refractivity contribution in [3.05, 3.63) is 40.0 Å². The summed E-state index contributed by atoms with van der Waals surface area (Å²) < 4.78 is 0. The highest BCUT2D eigenvalue weighted by atomic mass is 35.5. The molecule has 8 heteroatoms. The van der Waals surface area contributed by atoms with Crippen LogP contribution >= 0.6 is 23.2 Å². The zero-order valence-electron chi connectivity index (χ0n) is 14.6. The smallest absolute Gasteiger partial charge is 0.132 e. The molecule has 0 radical (unpaired) electrons. The molecule has 0 aliphatic carbocycles. The molecule has 138 valence electrons. The topological polar surface area (TPSA) is 77.4 Å². The summed E-state index contributed by atoms with van der Waals surface area (Å²) in [5.41, 5.74) is 14.4. The Bertz CT molecular complexity index is 638. The predicted molar refractivity (Wildman–Crippen MR) is 104 cm³/mol. The summed E-state index contributed by atoms with van der Waals surface area (Å²) in [7, 11) is 0. The molecule has 2 aliphatic rings. The highest BCUT2D eigenvalue weighted by Crippen LogP contribution is 2.29. The van der Waals surface area contributed by atoms with Crippen LogP contribution in [-0.2, 0) is 0 Å². The van der Waals surface area contributed by atoms with Crippen molar-refractivity contribution >= 4 is 28.9 Å². The van der Waals surface area contributed by atoms with E-state index in [0.717, 1.165) is 37.2 Å². The highest BCUT2D eigenvalue weighted by Gasteiger charge is 2.30. The molecule has 3 rings (SSSR count). The van der Waals surface area contributed by atoms with Gasteiger partial charge in [-0.15, -0.1) is 0 Å². The fraction of sp³-hybridized carbons (Fsp3) is 0.529. The van der Waals surface area contributed by atoms with E-state index in [4.69, 9.17) is 28.9 Å². The maximum Gasteiger partial charge on any atom is 0.132 e. The Morgan fingerprint density at radius 2 is 1.96 bits per heavy atom. The van der Waals surface area contributed by atoms with Gasteiger partial charge in [-0.3, -0.25) is 10.2 Å². The van der Waals surface area contributed by atoms with Crippen LogP contribution < -0.4 is 27.2 Å². The van der Waals surface area contributed by atoms with Crippen LogP contribution in [0.3, 0.4) is 0 Å². The Morgan fingerprint density at radius 1 is 1.24 bits per heavy atom. The van der Waals surface area contributed by atoms with Gasteiger partial charge in [0.05, 0.1) is 21.9 Å². The summed E-state index contributed by atoms with van der Waals surface area (Å²) in [5.74, 6) is 0. The van der Waals surface area contributed by atoms with Crippen LogP contribution in [0.2, 0.25) is 10.0 Å². The van der Waals surface area contributed by atoms with Gasteiger partial charge in [0.25, 0.3) is 0 Å². The summed E-state index contributed by atoms with van der Waals surface area (Å²) in [5, 5.41) is 8.04. The van der Waals surface area contributed by atoms with Crippen molar-refractivity contribution in [1.29, 1.82) is 0 Å². The van der Waals surface area contributed by atoms with Gasteiger partial charge < -0.3 is 16.5 Å². The number of hydrogen-bond acceptors (Lipinski definition) is 6. The van der Waals surface area contributed by atoms with Crippen LogP contribution in [0.4, 0.5) is 0 Å². The Morgan fingerprint density at radius 3 is 2.68 bits per heavy atom. The van der Waals surface area contributed by atoms with Gasteiger partial charge in [-0.25, -0.2) is 5.43 Å². The van der Waals surface area contributed by atoms with E-state index in [2.05, 4.69) is 40.2 Å². The molecule has 25 heavy (non-hydrogen) atoms. The van der Waals surface area contributed by atoms with E-state index in [1.165, 1.54) is 0 Å². The van der Waals surface area contributed by atoms with Crippen LogP contribution in [0.15, 0.2) is 24.4 Å². The van der Waals surface area contributed by atoms with Gasteiger partial charge in [0.2, 0.25) is 0 Å². The number of likely N-dealkylation sites (tertiary alicyclic amines) is 1. The number of nitrogens with one attached hydrogen (secondary N) is 4. The summed E-state index contributed by atoms with van der Waals surface area (Å²) in [6.45, 7) is 6.09. The lowest BCUT2D eigenvalue weighted by atomic mass is 9.91. The molecule has 2 aliphatic heterocycles. The minimum atomic E-state index is -0.0637. The molecule has 2 atom stereocenters. The Hall–Kier alpha value is -1.02. The van der Waals surface area contributed by atoms with E-state index in [1.807, 2.05) is 18.3 Å². The molecule has 2 unspecified atom stereocenters. The number of hydrogen-bond donors (Lipinski definition) is 5. The maximum atomic E-state index is 6.34. The molecule has 1 saturated heterocycles. The third-order valence-corrected chi connectivity index (χ3v) is 5.58. The number of benzene rings is 1. The van der Waals surface area contributed by atoms with E-state index in [0.29, 0.717) is 10.0 Å². The van der Waals surface area contributed by atoms with E-state index < -0.39 is 0 Å². The first kappa shape index (κ1) is 18.8. The molecule has 0 saturated carbocycles. The molecule has 6 nitrogen and oxygen atoms in total. The first-order valence-electron chi connectivity index (χ1n) is 8.57. The molecule has 1 aromatic rings. The fourth-order valence-corrected chi connectivity index (χ4v) is 3.55. The zero-order chi connectivity index (χ0) is 18.0. The van der Waals surface area contributed by atoms with Gasteiger partial charge in [-0.1, -0.05) is 35.3 Å². The highest BCUT2D eigenvalue weighted by molar-refractivity contribution is 6.43. The van der Waals surface area contributed by atoms with Crippen LogP contribution in [0.1, 0.15) is 32.3 Å². The van der Waals surface area contributed by atoms with E-state index >= 15 is 0 Å². The second-order valence-corrected chi connectivity index (χ2v) is 7.86. The summed E-state index contributed by atoms with van der Waals surface area (Å²) >= 11 is 12.5. The Kier molecular flexibility index (Phi) is 5.78. The van der Waals surface area contributed by atoms with Crippen LogP contribution in [0.25, 0.3) is 5.70 Å². The number of halogens is 2. The van der Waals surface area contributed by atoms with Gasteiger partial charge in [0.1, 0.15) is 6.29 Å². The monoisotopic (exact) mass is 384 g/mol. The molecular weight excluding hydrogens is 359 g/mol. The lowest BCUT2D eigenvalue weighted by molar-refractivity contribution is 0.0676. The second kappa shape index (κ2) is 7.70. The zero-order valence-corrected chi connectivity index (χ0v) is 16.1. The molecular formula is C17H26Cl2N6. The van der Waals surface area contributed by atoms with E-state index in [9.17, 15) is 0 Å². The number of hydrazine groups is 1. The number of nitrogens with two attached hydrogens (primary N) is 1. The van der Waals surface area contributed by atoms with Gasteiger partial charge in [-0.2, -0.15) is 0 Å². The van der Waals surface area contributed by atoms with Crippen molar-refractivity contribution in [3.8, 4) is 0 Å². The Labute approximate surface area is 159 Å². The van der Waals surface area contributed by atoms with Gasteiger partial charge in [-0.05, 0) is 32.8 Å². The predicted octanol–water partition coefficient (Wildman–Crippen LogP) is 2.02. The van der Waals surface area contributed by atoms with Gasteiger partial charge in [0, 0.05) is 30.4 Å². The number of piperidine rings is 1. The standard InChI is InChI=1S/C17H26Cl2N6/c1-11-22-14(12-4-3-5-13(18)15(12)19)10-21-24-16(23-11)25-8-6-17(2,20)7-9-25/h3-5,10-11,16,21-24H,6-9,20H2,1-2H3/b14-10-. The first-order valence-corrected chi connectivity index (χ1v) is 9.32. The van der Waals surface area contributed by atoms with Crippen molar-refractivity contribution in [2.45, 2.75) is 44.7 Å². The van der Waals surface area contributed by atoms with Crippen molar-refractivity contribution in [1.82, 2.24) is 26.4 Å². The summed E-state index contributed by atoms with van der Waals surface area (Å²) in [6, 6.07) is 5.60. The van der Waals surface area contributed by atoms with Crippen LogP contribution in [0.5, 0.6) is 0 Å². The number of rotatable bonds is 2. The second-order valence-electron chi connectivity index (χ2n) is 7.07.